The molecule has 0 aliphatic carbocycles. The summed E-state index contributed by atoms with van der Waals surface area (Å²) in [5.74, 6) is 1.27. The van der Waals surface area contributed by atoms with E-state index in [0.717, 1.165) is 32.2 Å². The van der Waals surface area contributed by atoms with Crippen molar-refractivity contribution in [2.45, 2.75) is 58.9 Å². The van der Waals surface area contributed by atoms with Gasteiger partial charge in [-0.2, -0.15) is 0 Å². The highest BCUT2D eigenvalue weighted by Gasteiger charge is 2.43. The van der Waals surface area contributed by atoms with Crippen LogP contribution in [-0.2, 0) is 4.79 Å². The Labute approximate surface area is 104 Å². The number of hydrogen-bond donors (Lipinski definition) is 2. The molecule has 98 valence electrons. The fourth-order valence-electron chi connectivity index (χ4n) is 2.12. The molecule has 0 aromatic carbocycles. The Balaban J connectivity index is 2.76. The number of carbonyl (C=O) groups excluding carboxylic acids is 1. The predicted molar refractivity (Wildman–Crippen MR) is 71.0 cm³/mol. The van der Waals surface area contributed by atoms with Crippen molar-refractivity contribution in [3.63, 3.8) is 0 Å². The van der Waals surface area contributed by atoms with Gasteiger partial charge in [0.05, 0.1) is 0 Å². The van der Waals surface area contributed by atoms with Crippen molar-refractivity contribution in [3.8, 4) is 0 Å². The molecular weight excluding hydrogens is 214 g/mol. The summed E-state index contributed by atoms with van der Waals surface area (Å²) in [5.41, 5.74) is -0.442. The Morgan fingerprint density at radius 1 is 1.35 bits per heavy atom. The number of aliphatic imine (C=N–C) groups is 1. The summed E-state index contributed by atoms with van der Waals surface area (Å²) in [6.45, 7) is 9.23. The number of amides is 1. The highest BCUT2D eigenvalue weighted by atomic mass is 16.2. The first-order chi connectivity index (χ1) is 8.07. The summed E-state index contributed by atoms with van der Waals surface area (Å²) in [6, 6.07) is 0. The summed E-state index contributed by atoms with van der Waals surface area (Å²) in [4.78, 5) is 16.4. The molecule has 2 unspecified atom stereocenters. The summed E-state index contributed by atoms with van der Waals surface area (Å²) >= 11 is 0. The van der Waals surface area contributed by atoms with E-state index in [-0.39, 0.29) is 5.91 Å². The molecule has 0 spiro atoms. The third kappa shape index (κ3) is 3.20. The van der Waals surface area contributed by atoms with Gasteiger partial charge in [0.15, 0.2) is 5.96 Å². The van der Waals surface area contributed by atoms with Gasteiger partial charge in [0.2, 0.25) is 0 Å². The minimum absolute atomic E-state index is 0.0788. The van der Waals surface area contributed by atoms with Gasteiger partial charge in [0.1, 0.15) is 5.54 Å². The Bertz CT molecular complexity index is 301. The van der Waals surface area contributed by atoms with Crippen molar-refractivity contribution in [3.05, 3.63) is 0 Å². The monoisotopic (exact) mass is 239 g/mol. The molecule has 1 saturated heterocycles. The van der Waals surface area contributed by atoms with Crippen LogP contribution < -0.4 is 10.6 Å². The van der Waals surface area contributed by atoms with E-state index in [1.165, 1.54) is 0 Å². The highest BCUT2D eigenvalue weighted by Crippen LogP contribution is 2.25. The Hall–Kier alpha value is -1.06. The molecule has 0 saturated carbocycles. The predicted octanol–water partition coefficient (Wildman–Crippen LogP) is 2.06. The molecule has 4 heteroatoms. The minimum atomic E-state index is -0.442. The van der Waals surface area contributed by atoms with Crippen LogP contribution in [-0.4, -0.2) is 24.0 Å². The van der Waals surface area contributed by atoms with Gasteiger partial charge in [-0.25, -0.2) is 0 Å². The van der Waals surface area contributed by atoms with Gasteiger partial charge in [-0.1, -0.05) is 34.1 Å². The summed E-state index contributed by atoms with van der Waals surface area (Å²) in [6.07, 6.45) is 3.76. The van der Waals surface area contributed by atoms with E-state index in [1.54, 1.807) is 0 Å². The van der Waals surface area contributed by atoms with Crippen molar-refractivity contribution in [2.24, 2.45) is 10.9 Å². The van der Waals surface area contributed by atoms with Crippen LogP contribution in [0.2, 0.25) is 0 Å². The molecule has 0 aromatic heterocycles. The number of guanidine groups is 1. The lowest BCUT2D eigenvalue weighted by Gasteiger charge is -2.27. The molecule has 0 bridgehead atoms. The van der Waals surface area contributed by atoms with Crippen LogP contribution >= 0.6 is 0 Å². The van der Waals surface area contributed by atoms with Crippen LogP contribution in [0.15, 0.2) is 4.99 Å². The smallest absolute Gasteiger partial charge is 0.252 e. The van der Waals surface area contributed by atoms with Gasteiger partial charge in [0, 0.05) is 6.54 Å². The van der Waals surface area contributed by atoms with E-state index >= 15 is 0 Å². The third-order valence-electron chi connectivity index (χ3n) is 3.52. The first kappa shape index (κ1) is 14.0. The number of nitrogens with one attached hydrogen (secondary N) is 2. The van der Waals surface area contributed by atoms with Crippen molar-refractivity contribution < 1.29 is 4.79 Å². The van der Waals surface area contributed by atoms with Crippen molar-refractivity contribution >= 4 is 11.9 Å². The zero-order chi connectivity index (χ0) is 12.9. The van der Waals surface area contributed by atoms with E-state index in [0.29, 0.717) is 11.9 Å². The maximum absolute atomic E-state index is 12.1. The zero-order valence-corrected chi connectivity index (χ0v) is 11.5. The second kappa shape index (κ2) is 6.03. The Morgan fingerprint density at radius 3 is 2.59 bits per heavy atom. The fraction of sp³-hybridized carbons (Fsp3) is 0.846. The van der Waals surface area contributed by atoms with E-state index in [2.05, 4.69) is 43.3 Å². The average Bonchev–Trinajstić information content (AvgIpc) is 2.64. The van der Waals surface area contributed by atoms with Crippen molar-refractivity contribution in [2.75, 3.05) is 6.54 Å². The first-order valence-electron chi connectivity index (χ1n) is 6.72. The molecule has 2 atom stereocenters. The molecular formula is C13H25N3O. The largest absolute Gasteiger partial charge is 0.342 e. The molecule has 1 heterocycles. The Morgan fingerprint density at radius 2 is 2.06 bits per heavy atom. The van der Waals surface area contributed by atoms with E-state index < -0.39 is 5.54 Å². The lowest BCUT2D eigenvalue weighted by molar-refractivity contribution is -0.124. The molecule has 1 amide bonds. The molecule has 1 aliphatic rings. The van der Waals surface area contributed by atoms with Crippen LogP contribution in [0.1, 0.15) is 53.4 Å². The second-order valence-corrected chi connectivity index (χ2v) is 4.96. The van der Waals surface area contributed by atoms with Gasteiger partial charge in [-0.15, -0.1) is 0 Å². The minimum Gasteiger partial charge on any atom is -0.342 e. The van der Waals surface area contributed by atoms with Gasteiger partial charge in [-0.3, -0.25) is 15.1 Å². The molecule has 17 heavy (non-hydrogen) atoms. The number of carbonyl (C=O) groups is 1. The van der Waals surface area contributed by atoms with Crippen LogP contribution in [0, 0.1) is 5.92 Å². The van der Waals surface area contributed by atoms with Crippen molar-refractivity contribution in [1.29, 1.82) is 0 Å². The molecule has 4 nitrogen and oxygen atoms in total. The molecule has 0 radical (unpaired) electrons. The molecule has 1 aliphatic heterocycles. The molecule has 2 N–H and O–H groups in total. The van der Waals surface area contributed by atoms with Gasteiger partial charge < -0.3 is 5.32 Å². The molecule has 1 rings (SSSR count). The van der Waals surface area contributed by atoms with Crippen LogP contribution in [0.4, 0.5) is 0 Å². The van der Waals surface area contributed by atoms with E-state index in [9.17, 15) is 4.79 Å². The van der Waals surface area contributed by atoms with Gasteiger partial charge >= 0.3 is 0 Å². The highest BCUT2D eigenvalue weighted by molar-refractivity contribution is 6.09. The molecule has 0 aromatic rings. The maximum Gasteiger partial charge on any atom is 0.252 e. The molecule has 1 fully saturated rings. The maximum atomic E-state index is 12.1. The first-order valence-corrected chi connectivity index (χ1v) is 6.72. The Kier molecular flexibility index (Phi) is 4.97. The number of rotatable bonds is 6. The SMILES string of the molecule is CCCN=C1NC(=O)C(CC)(CC(C)CC)N1. The van der Waals surface area contributed by atoms with Crippen LogP contribution in [0.3, 0.4) is 0 Å². The number of nitrogens with zero attached hydrogens (tertiary/aromatic N) is 1. The van der Waals surface area contributed by atoms with Crippen molar-refractivity contribution in [1.82, 2.24) is 10.6 Å². The quantitative estimate of drug-likeness (QED) is 0.745. The summed E-state index contributed by atoms with van der Waals surface area (Å²) < 4.78 is 0. The standard InChI is InChI=1S/C13H25N3O/c1-5-8-14-12-15-11(17)13(7-3,16-12)9-10(4)6-2/h10H,5-9H2,1-4H3,(H2,14,15,16,17). The second-order valence-electron chi connectivity index (χ2n) is 4.96. The van der Waals surface area contributed by atoms with Gasteiger partial charge in [-0.05, 0) is 25.2 Å². The normalized spacial score (nSPS) is 28.0. The van der Waals surface area contributed by atoms with Crippen LogP contribution in [0.5, 0.6) is 0 Å². The summed E-state index contributed by atoms with van der Waals surface area (Å²) in [5, 5.41) is 6.15. The topological polar surface area (TPSA) is 53.5 Å². The number of hydrogen-bond acceptors (Lipinski definition) is 2. The van der Waals surface area contributed by atoms with E-state index in [1.807, 2.05) is 0 Å². The fourth-order valence-corrected chi connectivity index (χ4v) is 2.12. The zero-order valence-electron chi connectivity index (χ0n) is 11.5. The van der Waals surface area contributed by atoms with E-state index in [4.69, 9.17) is 0 Å². The van der Waals surface area contributed by atoms with Gasteiger partial charge in [0.25, 0.3) is 5.91 Å². The lowest BCUT2D eigenvalue weighted by atomic mass is 9.85. The lowest BCUT2D eigenvalue weighted by Crippen LogP contribution is -2.47. The third-order valence-corrected chi connectivity index (χ3v) is 3.52. The van der Waals surface area contributed by atoms with Crippen LogP contribution in [0.25, 0.3) is 0 Å². The summed E-state index contributed by atoms with van der Waals surface area (Å²) in [7, 11) is 0. The average molecular weight is 239 g/mol.